The minimum atomic E-state index is -0.648. The average Bonchev–Trinajstić information content (AvgIpc) is 2.45. The molecule has 0 aliphatic heterocycles. The largest absolute Gasteiger partial charge is 0.384 e. The number of aliphatic hydroxyl groups excluding tert-OH is 1. The Labute approximate surface area is 81.5 Å². The number of hydrogen-bond acceptors (Lipinski definition) is 3. The van der Waals surface area contributed by atoms with Crippen LogP contribution in [0.1, 0.15) is 33.1 Å². The average molecular weight is 196 g/mol. The minimum Gasteiger partial charge on any atom is -0.384 e. The molecule has 0 bridgehead atoms. The van der Waals surface area contributed by atoms with Gasteiger partial charge in [-0.3, -0.25) is 4.79 Å². The lowest BCUT2D eigenvalue weighted by atomic mass is 10.1. The van der Waals surface area contributed by atoms with E-state index in [0.717, 1.165) is 16.7 Å². The van der Waals surface area contributed by atoms with Crippen molar-refractivity contribution in [2.75, 3.05) is 0 Å². The second-order valence-electron chi connectivity index (χ2n) is 3.03. The topological polar surface area (TPSA) is 37.3 Å². The molecule has 0 radical (unpaired) electrons. The number of aldehydes is 1. The maximum atomic E-state index is 10.5. The van der Waals surface area contributed by atoms with E-state index in [9.17, 15) is 9.90 Å². The molecule has 1 N–H and O–H groups in total. The van der Waals surface area contributed by atoms with Crippen LogP contribution in [0.2, 0.25) is 0 Å². The number of hydrogen-bond donors (Lipinski definition) is 1. The Morgan fingerprint density at radius 3 is 2.77 bits per heavy atom. The number of aliphatic hydroxyl groups is 1. The van der Waals surface area contributed by atoms with Crippen molar-refractivity contribution >= 4 is 17.6 Å². The highest BCUT2D eigenvalue weighted by Gasteiger charge is 2.13. The number of carbonyl (C=O) groups excluding carboxylic acids is 1. The van der Waals surface area contributed by atoms with Gasteiger partial charge in [0.1, 0.15) is 6.10 Å². The number of carbonyl (C=O) groups is 1. The fourth-order valence-corrected chi connectivity index (χ4v) is 1.99. The maximum Gasteiger partial charge on any atom is 0.160 e. The predicted molar refractivity (Wildman–Crippen MR) is 54.2 cm³/mol. The molecule has 1 atom stereocenters. The lowest BCUT2D eigenvalue weighted by Crippen LogP contribution is -1.97. The summed E-state index contributed by atoms with van der Waals surface area (Å²) in [5, 5.41) is 9.68. The fraction of sp³-hybridized carbons (Fsp3) is 0.300. The van der Waals surface area contributed by atoms with Gasteiger partial charge in [0.15, 0.2) is 6.29 Å². The van der Waals surface area contributed by atoms with Gasteiger partial charge in [0.25, 0.3) is 0 Å². The molecule has 0 fully saturated rings. The van der Waals surface area contributed by atoms with Gasteiger partial charge in [-0.1, -0.05) is 6.58 Å². The van der Waals surface area contributed by atoms with Crippen LogP contribution in [-0.2, 0) is 0 Å². The summed E-state index contributed by atoms with van der Waals surface area (Å²) in [4.78, 5) is 12.1. The molecule has 0 saturated carbocycles. The Bertz CT molecular complexity index is 339. The Balaban J connectivity index is 3.06. The Hall–Kier alpha value is -0.930. The maximum absolute atomic E-state index is 10.5. The van der Waals surface area contributed by atoms with Crippen molar-refractivity contribution in [3.63, 3.8) is 0 Å². The summed E-state index contributed by atoms with van der Waals surface area (Å²) in [5.41, 5.74) is 1.48. The SMILES string of the molecule is C=C(C)C(O)c1cc(C=O)sc1C. The molecule has 70 valence electrons. The van der Waals surface area contributed by atoms with E-state index in [1.165, 1.54) is 11.3 Å². The monoisotopic (exact) mass is 196 g/mol. The van der Waals surface area contributed by atoms with Crippen molar-refractivity contribution in [2.45, 2.75) is 20.0 Å². The third-order valence-corrected chi connectivity index (χ3v) is 2.84. The van der Waals surface area contributed by atoms with Crippen molar-refractivity contribution < 1.29 is 9.90 Å². The molecule has 0 aromatic carbocycles. The normalized spacial score (nSPS) is 12.5. The quantitative estimate of drug-likeness (QED) is 0.595. The van der Waals surface area contributed by atoms with Gasteiger partial charge in [0, 0.05) is 4.88 Å². The first-order valence-corrected chi connectivity index (χ1v) is 4.77. The molecule has 13 heavy (non-hydrogen) atoms. The summed E-state index contributed by atoms with van der Waals surface area (Å²) in [6.45, 7) is 7.33. The minimum absolute atomic E-state index is 0.646. The molecule has 0 saturated heterocycles. The first kappa shape index (κ1) is 10.2. The van der Waals surface area contributed by atoms with Crippen LogP contribution in [0.4, 0.5) is 0 Å². The summed E-state index contributed by atoms with van der Waals surface area (Å²) in [6.07, 6.45) is 0.150. The van der Waals surface area contributed by atoms with E-state index in [1.54, 1.807) is 13.0 Å². The molecule has 2 nitrogen and oxygen atoms in total. The van der Waals surface area contributed by atoms with Crippen molar-refractivity contribution in [2.24, 2.45) is 0 Å². The van der Waals surface area contributed by atoms with Crippen LogP contribution in [0.15, 0.2) is 18.2 Å². The van der Waals surface area contributed by atoms with Crippen molar-refractivity contribution in [3.05, 3.63) is 33.5 Å². The Kier molecular flexibility index (Phi) is 3.01. The van der Waals surface area contributed by atoms with Crippen molar-refractivity contribution in [1.82, 2.24) is 0 Å². The summed E-state index contributed by atoms with van der Waals surface area (Å²) < 4.78 is 0. The molecule has 0 aliphatic carbocycles. The Morgan fingerprint density at radius 2 is 2.38 bits per heavy atom. The Morgan fingerprint density at radius 1 is 1.77 bits per heavy atom. The fourth-order valence-electron chi connectivity index (χ4n) is 1.12. The molecule has 1 heterocycles. The van der Waals surface area contributed by atoms with Gasteiger partial charge in [0.2, 0.25) is 0 Å². The lowest BCUT2D eigenvalue weighted by molar-refractivity contribution is 0.112. The van der Waals surface area contributed by atoms with Crippen LogP contribution in [-0.4, -0.2) is 11.4 Å². The van der Waals surface area contributed by atoms with Gasteiger partial charge in [-0.05, 0) is 31.1 Å². The third kappa shape index (κ3) is 2.05. The number of aryl methyl sites for hydroxylation is 1. The first-order valence-electron chi connectivity index (χ1n) is 3.95. The van der Waals surface area contributed by atoms with E-state index in [4.69, 9.17) is 0 Å². The second-order valence-corrected chi connectivity index (χ2v) is 4.31. The zero-order chi connectivity index (χ0) is 10.0. The van der Waals surface area contributed by atoms with Crippen LogP contribution < -0.4 is 0 Å². The molecule has 0 amide bonds. The molecule has 1 rings (SSSR count). The van der Waals surface area contributed by atoms with Crippen LogP contribution in [0.5, 0.6) is 0 Å². The highest BCUT2D eigenvalue weighted by Crippen LogP contribution is 2.29. The molecule has 3 heteroatoms. The highest BCUT2D eigenvalue weighted by molar-refractivity contribution is 7.13. The molecular weight excluding hydrogens is 184 g/mol. The summed E-state index contributed by atoms with van der Waals surface area (Å²) in [6, 6.07) is 1.71. The zero-order valence-corrected chi connectivity index (χ0v) is 8.52. The van der Waals surface area contributed by atoms with Gasteiger partial charge in [-0.2, -0.15) is 0 Å². The molecular formula is C10H12O2S. The summed E-state index contributed by atoms with van der Waals surface area (Å²) in [5.74, 6) is 0. The number of rotatable bonds is 3. The van der Waals surface area contributed by atoms with Crippen LogP contribution in [0.3, 0.4) is 0 Å². The van der Waals surface area contributed by atoms with Gasteiger partial charge < -0.3 is 5.11 Å². The molecule has 1 unspecified atom stereocenters. The smallest absolute Gasteiger partial charge is 0.160 e. The van der Waals surface area contributed by atoms with E-state index in [2.05, 4.69) is 6.58 Å². The highest BCUT2D eigenvalue weighted by atomic mass is 32.1. The molecule has 1 aromatic rings. The molecule has 0 spiro atoms. The van der Waals surface area contributed by atoms with E-state index >= 15 is 0 Å². The van der Waals surface area contributed by atoms with Crippen molar-refractivity contribution in [3.8, 4) is 0 Å². The van der Waals surface area contributed by atoms with Crippen LogP contribution in [0.25, 0.3) is 0 Å². The van der Waals surface area contributed by atoms with Crippen LogP contribution >= 0.6 is 11.3 Å². The second kappa shape index (κ2) is 3.85. The number of thiophene rings is 1. The zero-order valence-electron chi connectivity index (χ0n) is 7.70. The van der Waals surface area contributed by atoms with Gasteiger partial charge in [-0.25, -0.2) is 0 Å². The van der Waals surface area contributed by atoms with E-state index in [0.29, 0.717) is 10.5 Å². The van der Waals surface area contributed by atoms with Crippen LogP contribution in [0, 0.1) is 6.92 Å². The van der Waals surface area contributed by atoms with E-state index < -0.39 is 6.10 Å². The molecule has 1 aromatic heterocycles. The molecule has 0 aliphatic rings. The van der Waals surface area contributed by atoms with Crippen molar-refractivity contribution in [1.29, 1.82) is 0 Å². The van der Waals surface area contributed by atoms with Gasteiger partial charge in [-0.15, -0.1) is 11.3 Å². The summed E-state index contributed by atoms with van der Waals surface area (Å²) >= 11 is 1.39. The standard InChI is InChI=1S/C10H12O2S/c1-6(2)10(12)9-4-8(5-11)13-7(9)3/h4-5,10,12H,1H2,2-3H3. The van der Waals surface area contributed by atoms with Gasteiger partial charge in [0.05, 0.1) is 4.88 Å². The van der Waals surface area contributed by atoms with Gasteiger partial charge >= 0.3 is 0 Å². The predicted octanol–water partition coefficient (Wildman–Crippen LogP) is 2.48. The third-order valence-electron chi connectivity index (χ3n) is 1.85. The van der Waals surface area contributed by atoms with E-state index in [1.807, 2.05) is 6.92 Å². The lowest BCUT2D eigenvalue weighted by Gasteiger charge is -2.08. The van der Waals surface area contributed by atoms with E-state index in [-0.39, 0.29) is 0 Å². The summed E-state index contributed by atoms with van der Waals surface area (Å²) in [7, 11) is 0. The first-order chi connectivity index (χ1) is 6.06.